The first kappa shape index (κ1) is 10.5. The van der Waals surface area contributed by atoms with E-state index >= 15 is 0 Å². The predicted molar refractivity (Wildman–Crippen MR) is 51.7 cm³/mol. The van der Waals surface area contributed by atoms with Gasteiger partial charge in [-0.25, -0.2) is 0 Å². The van der Waals surface area contributed by atoms with Gasteiger partial charge >= 0.3 is 5.97 Å². The second-order valence-corrected chi connectivity index (χ2v) is 3.91. The van der Waals surface area contributed by atoms with Gasteiger partial charge in [0.1, 0.15) is 0 Å². The van der Waals surface area contributed by atoms with Gasteiger partial charge in [0.2, 0.25) is 0 Å². The summed E-state index contributed by atoms with van der Waals surface area (Å²) in [6.07, 6.45) is 3.87. The number of carboxylic acids is 1. The highest BCUT2D eigenvalue weighted by atomic mass is 16.4. The molecule has 3 nitrogen and oxygen atoms in total. The van der Waals surface area contributed by atoms with Gasteiger partial charge < -0.3 is 10.0 Å². The summed E-state index contributed by atoms with van der Waals surface area (Å²) in [7, 11) is 0. The van der Waals surface area contributed by atoms with Crippen LogP contribution in [-0.4, -0.2) is 35.6 Å². The number of rotatable bonds is 5. The lowest BCUT2D eigenvalue weighted by molar-refractivity contribution is -0.138. The molecule has 1 saturated heterocycles. The van der Waals surface area contributed by atoms with Crippen LogP contribution in [0, 0.1) is 5.92 Å². The van der Waals surface area contributed by atoms with Crippen LogP contribution in [0.25, 0.3) is 0 Å². The third kappa shape index (κ3) is 3.77. The van der Waals surface area contributed by atoms with Crippen molar-refractivity contribution >= 4 is 5.97 Å². The summed E-state index contributed by atoms with van der Waals surface area (Å²) in [6.45, 7) is 5.42. The monoisotopic (exact) mass is 185 g/mol. The van der Waals surface area contributed by atoms with E-state index in [4.69, 9.17) is 5.11 Å². The fraction of sp³-hybridized carbons (Fsp3) is 0.900. The molecule has 3 heteroatoms. The van der Waals surface area contributed by atoms with Crippen LogP contribution in [0.5, 0.6) is 0 Å². The van der Waals surface area contributed by atoms with E-state index < -0.39 is 5.97 Å². The molecule has 0 amide bonds. The van der Waals surface area contributed by atoms with Crippen LogP contribution in [0.15, 0.2) is 0 Å². The third-order valence-corrected chi connectivity index (χ3v) is 2.66. The molecule has 1 aliphatic heterocycles. The molecule has 1 atom stereocenters. The highest BCUT2D eigenvalue weighted by Gasteiger charge is 2.23. The Balaban J connectivity index is 2.16. The molecule has 0 aliphatic carbocycles. The quantitative estimate of drug-likeness (QED) is 0.707. The van der Waals surface area contributed by atoms with Gasteiger partial charge in [-0.2, -0.15) is 0 Å². The molecule has 1 unspecified atom stereocenters. The number of unbranched alkanes of at least 4 members (excludes halogenated alkanes) is 1. The molecule has 0 spiro atoms. The summed E-state index contributed by atoms with van der Waals surface area (Å²) in [5, 5.41) is 8.62. The zero-order valence-electron chi connectivity index (χ0n) is 8.33. The van der Waals surface area contributed by atoms with Crippen molar-refractivity contribution in [1.29, 1.82) is 0 Å². The van der Waals surface area contributed by atoms with Gasteiger partial charge in [-0.05, 0) is 31.8 Å². The first-order chi connectivity index (χ1) is 6.22. The van der Waals surface area contributed by atoms with Crippen LogP contribution < -0.4 is 0 Å². The van der Waals surface area contributed by atoms with Crippen LogP contribution in [0.2, 0.25) is 0 Å². The van der Waals surface area contributed by atoms with Crippen molar-refractivity contribution in [2.45, 2.75) is 32.6 Å². The second-order valence-electron chi connectivity index (χ2n) is 3.91. The SMILES string of the molecule is CCCCN1CCC(CC(=O)O)C1. The molecule has 1 fully saturated rings. The molecule has 0 aromatic carbocycles. The number of carboxylic acid groups (broad SMARTS) is 1. The van der Waals surface area contributed by atoms with Gasteiger partial charge in [0, 0.05) is 13.0 Å². The topological polar surface area (TPSA) is 40.5 Å². The molecule has 1 N–H and O–H groups in total. The average Bonchev–Trinajstić information content (AvgIpc) is 2.48. The van der Waals surface area contributed by atoms with Crippen molar-refractivity contribution in [3.63, 3.8) is 0 Å². The summed E-state index contributed by atoms with van der Waals surface area (Å²) in [5.41, 5.74) is 0. The average molecular weight is 185 g/mol. The molecule has 0 saturated carbocycles. The Kier molecular flexibility index (Phi) is 4.22. The van der Waals surface area contributed by atoms with E-state index in [0.717, 1.165) is 26.1 Å². The van der Waals surface area contributed by atoms with E-state index in [1.807, 2.05) is 0 Å². The number of carbonyl (C=O) groups is 1. The largest absolute Gasteiger partial charge is 0.481 e. The normalized spacial score (nSPS) is 23.6. The Hall–Kier alpha value is -0.570. The Morgan fingerprint density at radius 2 is 2.38 bits per heavy atom. The van der Waals surface area contributed by atoms with Crippen molar-refractivity contribution in [1.82, 2.24) is 4.90 Å². The van der Waals surface area contributed by atoms with Crippen molar-refractivity contribution in [2.75, 3.05) is 19.6 Å². The molecule has 1 heterocycles. The number of hydrogen-bond donors (Lipinski definition) is 1. The summed E-state index contributed by atoms with van der Waals surface area (Å²) in [4.78, 5) is 12.8. The van der Waals surface area contributed by atoms with Gasteiger partial charge in [0.15, 0.2) is 0 Å². The first-order valence-corrected chi connectivity index (χ1v) is 5.16. The molecule has 0 bridgehead atoms. The van der Waals surface area contributed by atoms with Gasteiger partial charge in [0.05, 0.1) is 0 Å². The standard InChI is InChI=1S/C10H19NO2/c1-2-3-5-11-6-4-9(8-11)7-10(12)13/h9H,2-8H2,1H3,(H,12,13). The number of hydrogen-bond acceptors (Lipinski definition) is 2. The maximum Gasteiger partial charge on any atom is 0.303 e. The van der Waals surface area contributed by atoms with Crippen LogP contribution in [-0.2, 0) is 4.79 Å². The van der Waals surface area contributed by atoms with Crippen LogP contribution >= 0.6 is 0 Å². The highest BCUT2D eigenvalue weighted by molar-refractivity contribution is 5.67. The van der Waals surface area contributed by atoms with Crippen LogP contribution in [0.4, 0.5) is 0 Å². The van der Waals surface area contributed by atoms with E-state index in [1.54, 1.807) is 0 Å². The van der Waals surface area contributed by atoms with Crippen molar-refractivity contribution in [2.24, 2.45) is 5.92 Å². The fourth-order valence-corrected chi connectivity index (χ4v) is 1.91. The molecule has 0 aromatic heterocycles. The number of aliphatic carboxylic acids is 1. The van der Waals surface area contributed by atoms with E-state index in [-0.39, 0.29) is 0 Å². The fourth-order valence-electron chi connectivity index (χ4n) is 1.91. The Morgan fingerprint density at radius 3 is 3.00 bits per heavy atom. The molecule has 1 aliphatic rings. The van der Waals surface area contributed by atoms with Crippen molar-refractivity contribution < 1.29 is 9.90 Å². The van der Waals surface area contributed by atoms with Gasteiger partial charge in [-0.15, -0.1) is 0 Å². The molecule has 0 radical (unpaired) electrons. The zero-order valence-corrected chi connectivity index (χ0v) is 8.33. The lowest BCUT2D eigenvalue weighted by Gasteiger charge is -2.14. The lowest BCUT2D eigenvalue weighted by atomic mass is 10.1. The smallest absolute Gasteiger partial charge is 0.303 e. The predicted octanol–water partition coefficient (Wildman–Crippen LogP) is 1.58. The Labute approximate surface area is 79.7 Å². The minimum atomic E-state index is -0.651. The molecule has 76 valence electrons. The molecular formula is C10H19NO2. The van der Waals surface area contributed by atoms with Crippen LogP contribution in [0.1, 0.15) is 32.6 Å². The number of nitrogens with zero attached hydrogens (tertiary/aromatic N) is 1. The second kappa shape index (κ2) is 5.22. The lowest BCUT2D eigenvalue weighted by Crippen LogP contribution is -2.22. The summed E-state index contributed by atoms with van der Waals surface area (Å²) < 4.78 is 0. The minimum absolute atomic E-state index is 0.350. The Morgan fingerprint density at radius 1 is 1.62 bits per heavy atom. The maximum atomic E-state index is 10.5. The zero-order chi connectivity index (χ0) is 9.68. The van der Waals surface area contributed by atoms with E-state index in [0.29, 0.717) is 12.3 Å². The molecule has 1 rings (SSSR count). The summed E-state index contributed by atoms with van der Waals surface area (Å²) in [6, 6.07) is 0. The van der Waals surface area contributed by atoms with E-state index in [2.05, 4.69) is 11.8 Å². The van der Waals surface area contributed by atoms with Crippen molar-refractivity contribution in [3.05, 3.63) is 0 Å². The minimum Gasteiger partial charge on any atom is -0.481 e. The Bertz CT molecular complexity index is 170. The van der Waals surface area contributed by atoms with E-state index in [1.165, 1.54) is 12.8 Å². The summed E-state index contributed by atoms with van der Waals surface area (Å²) >= 11 is 0. The van der Waals surface area contributed by atoms with Gasteiger partial charge in [-0.3, -0.25) is 4.79 Å². The van der Waals surface area contributed by atoms with Gasteiger partial charge in [0.25, 0.3) is 0 Å². The van der Waals surface area contributed by atoms with E-state index in [9.17, 15) is 4.79 Å². The van der Waals surface area contributed by atoms with Crippen molar-refractivity contribution in [3.8, 4) is 0 Å². The highest BCUT2D eigenvalue weighted by Crippen LogP contribution is 2.19. The first-order valence-electron chi connectivity index (χ1n) is 5.16. The maximum absolute atomic E-state index is 10.5. The summed E-state index contributed by atoms with van der Waals surface area (Å²) in [5.74, 6) is -0.253. The molecular weight excluding hydrogens is 166 g/mol. The molecule has 0 aromatic rings. The van der Waals surface area contributed by atoms with Crippen LogP contribution in [0.3, 0.4) is 0 Å². The van der Waals surface area contributed by atoms with Gasteiger partial charge in [-0.1, -0.05) is 13.3 Å². The molecule has 13 heavy (non-hydrogen) atoms. The number of likely N-dealkylation sites (tertiary alicyclic amines) is 1. The third-order valence-electron chi connectivity index (χ3n) is 2.66.